The van der Waals surface area contributed by atoms with Crippen LogP contribution in [0.4, 0.5) is 0 Å². The number of carbonyl (C=O) groups excluding carboxylic acids is 1. The molecule has 0 fully saturated rings. The molecule has 6 heteroatoms. The summed E-state index contributed by atoms with van der Waals surface area (Å²) < 4.78 is 6.09. The fourth-order valence-electron chi connectivity index (χ4n) is 4.65. The Bertz CT molecular complexity index is 1020. The van der Waals surface area contributed by atoms with E-state index in [1.165, 1.54) is 10.4 Å². The van der Waals surface area contributed by atoms with Crippen LogP contribution in [0.5, 0.6) is 5.75 Å². The maximum Gasteiger partial charge on any atom is 0.237 e. The van der Waals surface area contributed by atoms with Crippen LogP contribution in [0.2, 0.25) is 0 Å². The Kier molecular flexibility index (Phi) is 8.74. The SMILES string of the molecule is CCCN(CC(=O)N1CCc2sccc2[C@H]1COc1ccccc1)C[C@H](O)Cc1ccccc1. The molecule has 1 aliphatic rings. The first kappa shape index (κ1) is 24.5. The van der Waals surface area contributed by atoms with Crippen LogP contribution in [0, 0.1) is 0 Å². The lowest BCUT2D eigenvalue weighted by atomic mass is 10.00. The number of aliphatic hydroxyl groups excluding tert-OH is 1. The van der Waals surface area contributed by atoms with Gasteiger partial charge in [0.2, 0.25) is 5.91 Å². The van der Waals surface area contributed by atoms with Gasteiger partial charge in [-0.25, -0.2) is 0 Å². The van der Waals surface area contributed by atoms with E-state index >= 15 is 0 Å². The molecule has 5 nitrogen and oxygen atoms in total. The van der Waals surface area contributed by atoms with Crippen LogP contribution < -0.4 is 4.74 Å². The van der Waals surface area contributed by atoms with Crippen LogP contribution in [-0.2, 0) is 17.6 Å². The zero-order valence-corrected chi connectivity index (χ0v) is 20.6. The number of hydrogen-bond donors (Lipinski definition) is 1. The average molecular weight is 479 g/mol. The molecule has 3 aromatic rings. The number of amides is 1. The Morgan fingerprint density at radius 2 is 1.88 bits per heavy atom. The summed E-state index contributed by atoms with van der Waals surface area (Å²) in [6.07, 6.45) is 1.89. The van der Waals surface area contributed by atoms with E-state index in [-0.39, 0.29) is 11.9 Å². The quantitative estimate of drug-likeness (QED) is 0.439. The van der Waals surface area contributed by atoms with Crippen molar-refractivity contribution in [2.75, 3.05) is 32.8 Å². The second-order valence-corrected chi connectivity index (χ2v) is 9.86. The zero-order chi connectivity index (χ0) is 23.8. The number of ether oxygens (including phenoxy) is 1. The first-order valence-electron chi connectivity index (χ1n) is 12.1. The van der Waals surface area contributed by atoms with Gasteiger partial charge in [0, 0.05) is 18.0 Å². The summed E-state index contributed by atoms with van der Waals surface area (Å²) in [6.45, 7) is 4.81. The fraction of sp³-hybridized carbons (Fsp3) is 0.393. The largest absolute Gasteiger partial charge is 0.491 e. The van der Waals surface area contributed by atoms with Crippen LogP contribution in [0.1, 0.15) is 35.4 Å². The molecule has 0 spiro atoms. The third kappa shape index (κ3) is 6.47. The van der Waals surface area contributed by atoms with E-state index in [1.807, 2.05) is 65.6 Å². The Morgan fingerprint density at radius 3 is 2.62 bits per heavy atom. The number of fused-ring (bicyclic) bond motifs is 1. The monoisotopic (exact) mass is 478 g/mol. The minimum atomic E-state index is -0.510. The van der Waals surface area contributed by atoms with Crippen LogP contribution in [0.25, 0.3) is 0 Å². The lowest BCUT2D eigenvalue weighted by molar-refractivity contribution is -0.136. The van der Waals surface area contributed by atoms with Gasteiger partial charge in [0.1, 0.15) is 12.4 Å². The molecule has 0 aliphatic carbocycles. The van der Waals surface area contributed by atoms with Gasteiger partial charge in [-0.2, -0.15) is 0 Å². The molecule has 0 saturated carbocycles. The first-order valence-corrected chi connectivity index (χ1v) is 13.0. The van der Waals surface area contributed by atoms with Gasteiger partial charge in [0.25, 0.3) is 0 Å². The van der Waals surface area contributed by atoms with Gasteiger partial charge in [0.05, 0.1) is 18.7 Å². The second-order valence-electron chi connectivity index (χ2n) is 8.85. The lowest BCUT2D eigenvalue weighted by Crippen LogP contribution is -2.48. The molecule has 0 unspecified atom stereocenters. The molecule has 2 atom stereocenters. The Labute approximate surface area is 206 Å². The van der Waals surface area contributed by atoms with Gasteiger partial charge in [-0.1, -0.05) is 55.5 Å². The number of rotatable bonds is 11. The molecule has 0 radical (unpaired) electrons. The van der Waals surface area contributed by atoms with Crippen LogP contribution in [0.3, 0.4) is 0 Å². The number of carbonyl (C=O) groups is 1. The summed E-state index contributed by atoms with van der Waals surface area (Å²) in [4.78, 5) is 18.9. The van der Waals surface area contributed by atoms with Crippen molar-refractivity contribution in [3.63, 3.8) is 0 Å². The van der Waals surface area contributed by atoms with Crippen molar-refractivity contribution in [3.05, 3.63) is 88.1 Å². The zero-order valence-electron chi connectivity index (χ0n) is 19.8. The van der Waals surface area contributed by atoms with Crippen molar-refractivity contribution >= 4 is 17.2 Å². The third-order valence-corrected chi connectivity index (χ3v) is 7.24. The third-order valence-electron chi connectivity index (χ3n) is 6.25. The van der Waals surface area contributed by atoms with Gasteiger partial charge < -0.3 is 14.7 Å². The van der Waals surface area contributed by atoms with Gasteiger partial charge in [-0.3, -0.25) is 9.69 Å². The molecule has 4 rings (SSSR count). The smallest absolute Gasteiger partial charge is 0.237 e. The van der Waals surface area contributed by atoms with Gasteiger partial charge in [-0.05, 0) is 60.5 Å². The Morgan fingerprint density at radius 1 is 1.15 bits per heavy atom. The molecular formula is C28H34N2O3S. The first-order chi connectivity index (χ1) is 16.6. The van der Waals surface area contributed by atoms with Gasteiger partial charge in [-0.15, -0.1) is 11.3 Å². The fourth-order valence-corrected chi connectivity index (χ4v) is 5.58. The molecule has 2 heterocycles. The van der Waals surface area contributed by atoms with E-state index in [1.54, 1.807) is 11.3 Å². The standard InChI is InChI=1S/C28H34N2O3S/c1-2-15-29(19-23(31)18-22-9-5-3-6-10-22)20-28(32)30-16-13-27-25(14-17-34-27)26(30)21-33-24-11-7-4-8-12-24/h3-12,14,17,23,26,31H,2,13,15-16,18-21H2,1H3/t23-,26-/m1/s1. The Balaban J connectivity index is 1.41. The van der Waals surface area contributed by atoms with Crippen molar-refractivity contribution in [1.82, 2.24) is 9.80 Å². The van der Waals surface area contributed by atoms with Crippen molar-refractivity contribution in [3.8, 4) is 5.75 Å². The van der Waals surface area contributed by atoms with E-state index in [0.29, 0.717) is 32.7 Å². The van der Waals surface area contributed by atoms with Crippen LogP contribution in [-0.4, -0.2) is 59.7 Å². The second kappa shape index (κ2) is 12.2. The van der Waals surface area contributed by atoms with Gasteiger partial charge >= 0.3 is 0 Å². The molecule has 1 aliphatic heterocycles. The molecule has 34 heavy (non-hydrogen) atoms. The highest BCUT2D eigenvalue weighted by atomic mass is 32.1. The number of para-hydroxylation sites is 1. The number of nitrogens with zero attached hydrogens (tertiary/aromatic N) is 2. The summed E-state index contributed by atoms with van der Waals surface area (Å²) in [5, 5.41) is 12.8. The number of hydrogen-bond acceptors (Lipinski definition) is 5. The highest BCUT2D eigenvalue weighted by Crippen LogP contribution is 2.34. The maximum atomic E-state index is 13.5. The number of thiophene rings is 1. The molecular weight excluding hydrogens is 444 g/mol. The summed E-state index contributed by atoms with van der Waals surface area (Å²) in [7, 11) is 0. The minimum Gasteiger partial charge on any atom is -0.491 e. The predicted molar refractivity (Wildman–Crippen MR) is 137 cm³/mol. The summed E-state index contributed by atoms with van der Waals surface area (Å²) in [5.41, 5.74) is 2.31. The molecule has 0 saturated heterocycles. The molecule has 0 bridgehead atoms. The number of aliphatic hydroxyl groups is 1. The predicted octanol–water partition coefficient (Wildman–Crippen LogP) is 4.57. The van der Waals surface area contributed by atoms with Crippen molar-refractivity contribution in [2.24, 2.45) is 0 Å². The summed E-state index contributed by atoms with van der Waals surface area (Å²) in [5.74, 6) is 0.910. The van der Waals surface area contributed by atoms with Crippen LogP contribution >= 0.6 is 11.3 Å². The molecule has 1 amide bonds. The molecule has 180 valence electrons. The van der Waals surface area contributed by atoms with E-state index in [4.69, 9.17) is 4.74 Å². The highest BCUT2D eigenvalue weighted by Gasteiger charge is 2.33. The highest BCUT2D eigenvalue weighted by molar-refractivity contribution is 7.10. The topological polar surface area (TPSA) is 53.0 Å². The minimum absolute atomic E-state index is 0.0962. The van der Waals surface area contributed by atoms with E-state index in [0.717, 1.165) is 30.7 Å². The van der Waals surface area contributed by atoms with Crippen LogP contribution in [0.15, 0.2) is 72.1 Å². The van der Waals surface area contributed by atoms with Crippen molar-refractivity contribution < 1.29 is 14.6 Å². The molecule has 2 aromatic carbocycles. The number of benzene rings is 2. The van der Waals surface area contributed by atoms with Crippen molar-refractivity contribution in [1.29, 1.82) is 0 Å². The lowest BCUT2D eigenvalue weighted by Gasteiger charge is -2.37. The summed E-state index contributed by atoms with van der Waals surface area (Å²) >= 11 is 1.76. The maximum absolute atomic E-state index is 13.5. The molecule has 1 aromatic heterocycles. The Hall–Kier alpha value is -2.67. The average Bonchev–Trinajstić information content (AvgIpc) is 3.33. The normalized spacial score (nSPS) is 16.3. The van der Waals surface area contributed by atoms with E-state index in [9.17, 15) is 9.90 Å². The summed E-state index contributed by atoms with van der Waals surface area (Å²) in [6, 6.07) is 21.8. The van der Waals surface area contributed by atoms with E-state index < -0.39 is 6.10 Å². The van der Waals surface area contributed by atoms with Crippen molar-refractivity contribution in [2.45, 2.75) is 38.3 Å². The molecule has 1 N–H and O–H groups in total. The van der Waals surface area contributed by atoms with E-state index in [2.05, 4.69) is 23.3 Å². The van der Waals surface area contributed by atoms with Gasteiger partial charge in [0.15, 0.2) is 0 Å².